The molecule has 1 fully saturated rings. The quantitative estimate of drug-likeness (QED) is 0.780. The molecule has 0 amide bonds. The summed E-state index contributed by atoms with van der Waals surface area (Å²) in [5.74, 6) is 2.13. The molecule has 1 heterocycles. The van der Waals surface area contributed by atoms with Gasteiger partial charge in [0, 0.05) is 12.3 Å². The minimum atomic E-state index is 0.478. The zero-order chi connectivity index (χ0) is 9.10. The van der Waals surface area contributed by atoms with Gasteiger partial charge in [-0.05, 0) is 17.7 Å². The first-order valence-electron chi connectivity index (χ1n) is 4.39. The van der Waals surface area contributed by atoms with E-state index in [4.69, 9.17) is 4.74 Å². The summed E-state index contributed by atoms with van der Waals surface area (Å²) >= 11 is 1.96. The molecule has 0 bridgehead atoms. The van der Waals surface area contributed by atoms with Crippen LogP contribution in [-0.4, -0.2) is 19.4 Å². The minimum absolute atomic E-state index is 0.478. The van der Waals surface area contributed by atoms with Crippen LogP contribution in [-0.2, 0) is 0 Å². The number of nitrogens with one attached hydrogen (secondary N) is 1. The van der Waals surface area contributed by atoms with Crippen LogP contribution in [0.4, 0.5) is 0 Å². The number of methoxy groups -OCH3 is 1. The van der Waals surface area contributed by atoms with Crippen molar-refractivity contribution in [3.63, 3.8) is 0 Å². The molecule has 1 N–H and O–H groups in total. The Hall–Kier alpha value is -0.670. The van der Waals surface area contributed by atoms with E-state index in [1.807, 2.05) is 23.9 Å². The second-order valence-corrected chi connectivity index (χ2v) is 4.19. The number of hydrogen-bond donors (Lipinski definition) is 1. The molecule has 1 aliphatic heterocycles. The molecule has 0 unspecified atom stereocenters. The van der Waals surface area contributed by atoms with Gasteiger partial charge in [-0.2, -0.15) is 0 Å². The maximum absolute atomic E-state index is 5.10. The molecule has 2 rings (SSSR count). The van der Waals surface area contributed by atoms with Crippen LogP contribution in [0, 0.1) is 0 Å². The summed E-state index contributed by atoms with van der Waals surface area (Å²) in [4.78, 5) is 0. The predicted octanol–water partition coefficient (Wildman–Crippen LogP) is 2.03. The summed E-state index contributed by atoms with van der Waals surface area (Å²) in [6.45, 7) is 1.11. The molecule has 2 nitrogen and oxygen atoms in total. The minimum Gasteiger partial charge on any atom is -0.497 e. The smallest absolute Gasteiger partial charge is 0.118 e. The molecule has 0 aliphatic carbocycles. The van der Waals surface area contributed by atoms with Gasteiger partial charge in [0.2, 0.25) is 0 Å². The SMILES string of the molecule is COc1ccc([C@H]2NCCS2)cc1. The van der Waals surface area contributed by atoms with Gasteiger partial charge in [-0.25, -0.2) is 0 Å². The number of thioether (sulfide) groups is 1. The summed E-state index contributed by atoms with van der Waals surface area (Å²) in [5, 5.41) is 3.91. The van der Waals surface area contributed by atoms with Gasteiger partial charge in [0.05, 0.1) is 12.5 Å². The zero-order valence-corrected chi connectivity index (χ0v) is 8.43. The summed E-state index contributed by atoms with van der Waals surface area (Å²) in [7, 11) is 1.69. The lowest BCUT2D eigenvalue weighted by atomic mass is 10.2. The van der Waals surface area contributed by atoms with Crippen LogP contribution >= 0.6 is 11.8 Å². The Morgan fingerprint density at radius 3 is 2.69 bits per heavy atom. The molecule has 1 saturated heterocycles. The van der Waals surface area contributed by atoms with Crippen molar-refractivity contribution in [2.24, 2.45) is 0 Å². The van der Waals surface area contributed by atoms with Crippen LogP contribution in [0.15, 0.2) is 24.3 Å². The number of hydrogen-bond acceptors (Lipinski definition) is 3. The zero-order valence-electron chi connectivity index (χ0n) is 7.62. The average molecular weight is 195 g/mol. The molecular weight excluding hydrogens is 182 g/mol. The lowest BCUT2D eigenvalue weighted by molar-refractivity contribution is 0.414. The van der Waals surface area contributed by atoms with E-state index in [-0.39, 0.29) is 0 Å². The van der Waals surface area contributed by atoms with Crippen molar-refractivity contribution < 1.29 is 4.74 Å². The first-order valence-corrected chi connectivity index (χ1v) is 5.44. The number of ether oxygens (including phenoxy) is 1. The van der Waals surface area contributed by atoms with Gasteiger partial charge in [-0.1, -0.05) is 12.1 Å². The first kappa shape index (κ1) is 8.91. The van der Waals surface area contributed by atoms with Gasteiger partial charge < -0.3 is 10.1 Å². The van der Waals surface area contributed by atoms with E-state index in [2.05, 4.69) is 17.4 Å². The van der Waals surface area contributed by atoms with Crippen molar-refractivity contribution in [3.05, 3.63) is 29.8 Å². The maximum atomic E-state index is 5.10. The van der Waals surface area contributed by atoms with Gasteiger partial charge >= 0.3 is 0 Å². The van der Waals surface area contributed by atoms with Crippen molar-refractivity contribution in [2.45, 2.75) is 5.37 Å². The maximum Gasteiger partial charge on any atom is 0.118 e. The highest BCUT2D eigenvalue weighted by Crippen LogP contribution is 2.30. The third-order valence-corrected chi connectivity index (χ3v) is 3.35. The standard InChI is InChI=1S/C10H13NOS/c1-12-9-4-2-8(3-5-9)10-11-6-7-13-10/h2-5,10-11H,6-7H2,1H3/t10-/m0/s1. The fraction of sp³-hybridized carbons (Fsp3) is 0.400. The summed E-state index contributed by atoms with van der Waals surface area (Å²) in [5.41, 5.74) is 1.34. The van der Waals surface area contributed by atoms with Crippen molar-refractivity contribution in [1.29, 1.82) is 0 Å². The lowest BCUT2D eigenvalue weighted by Crippen LogP contribution is -2.11. The molecule has 3 heteroatoms. The largest absolute Gasteiger partial charge is 0.497 e. The third kappa shape index (κ3) is 1.98. The Labute approximate surface area is 82.7 Å². The van der Waals surface area contributed by atoms with E-state index < -0.39 is 0 Å². The molecule has 0 saturated carbocycles. The Kier molecular flexibility index (Phi) is 2.76. The van der Waals surface area contributed by atoms with Crippen LogP contribution in [0.1, 0.15) is 10.9 Å². The predicted molar refractivity (Wildman–Crippen MR) is 56.2 cm³/mol. The fourth-order valence-corrected chi connectivity index (χ4v) is 2.48. The third-order valence-electron chi connectivity index (χ3n) is 2.13. The van der Waals surface area contributed by atoms with Crippen LogP contribution in [0.3, 0.4) is 0 Å². The summed E-state index contributed by atoms with van der Waals surface area (Å²) in [6.07, 6.45) is 0. The van der Waals surface area contributed by atoms with E-state index in [1.165, 1.54) is 11.3 Å². The summed E-state index contributed by atoms with van der Waals surface area (Å²) in [6, 6.07) is 8.26. The highest BCUT2D eigenvalue weighted by atomic mass is 32.2. The van der Waals surface area contributed by atoms with E-state index in [1.54, 1.807) is 7.11 Å². The van der Waals surface area contributed by atoms with Gasteiger partial charge in [0.25, 0.3) is 0 Å². The van der Waals surface area contributed by atoms with Crippen molar-refractivity contribution in [3.8, 4) is 5.75 Å². The molecule has 0 aromatic heterocycles. The lowest BCUT2D eigenvalue weighted by Gasteiger charge is -2.09. The van der Waals surface area contributed by atoms with E-state index >= 15 is 0 Å². The molecule has 1 aliphatic rings. The first-order chi connectivity index (χ1) is 6.40. The number of rotatable bonds is 2. The van der Waals surface area contributed by atoms with Crippen LogP contribution < -0.4 is 10.1 Å². The molecule has 0 spiro atoms. The highest BCUT2D eigenvalue weighted by Gasteiger charge is 2.15. The van der Waals surface area contributed by atoms with Crippen molar-refractivity contribution in [1.82, 2.24) is 5.32 Å². The van der Waals surface area contributed by atoms with E-state index in [0.717, 1.165) is 12.3 Å². The van der Waals surface area contributed by atoms with Crippen LogP contribution in [0.25, 0.3) is 0 Å². The second kappa shape index (κ2) is 4.03. The monoisotopic (exact) mass is 195 g/mol. The van der Waals surface area contributed by atoms with Crippen molar-refractivity contribution >= 4 is 11.8 Å². The van der Waals surface area contributed by atoms with Crippen LogP contribution in [0.2, 0.25) is 0 Å². The number of benzene rings is 1. The molecule has 70 valence electrons. The molecule has 1 aromatic carbocycles. The molecule has 0 radical (unpaired) electrons. The van der Waals surface area contributed by atoms with E-state index in [0.29, 0.717) is 5.37 Å². The Balaban J connectivity index is 2.12. The highest BCUT2D eigenvalue weighted by molar-refractivity contribution is 7.99. The molecular formula is C10H13NOS. The van der Waals surface area contributed by atoms with Gasteiger partial charge in [-0.3, -0.25) is 0 Å². The Morgan fingerprint density at radius 2 is 2.15 bits per heavy atom. The van der Waals surface area contributed by atoms with Gasteiger partial charge in [0.15, 0.2) is 0 Å². The second-order valence-electron chi connectivity index (χ2n) is 2.98. The van der Waals surface area contributed by atoms with Gasteiger partial charge in [0.1, 0.15) is 5.75 Å². The van der Waals surface area contributed by atoms with E-state index in [9.17, 15) is 0 Å². The molecule has 1 aromatic rings. The topological polar surface area (TPSA) is 21.3 Å². The molecule has 13 heavy (non-hydrogen) atoms. The van der Waals surface area contributed by atoms with Crippen LogP contribution in [0.5, 0.6) is 5.75 Å². The van der Waals surface area contributed by atoms with Crippen molar-refractivity contribution in [2.75, 3.05) is 19.4 Å². The Bertz CT molecular complexity index is 267. The average Bonchev–Trinajstić information content (AvgIpc) is 2.71. The summed E-state index contributed by atoms with van der Waals surface area (Å²) < 4.78 is 5.10. The normalized spacial score (nSPS) is 21.8. The fourth-order valence-electron chi connectivity index (χ4n) is 1.42. The van der Waals surface area contributed by atoms with Gasteiger partial charge in [-0.15, -0.1) is 11.8 Å². The Morgan fingerprint density at radius 1 is 1.38 bits per heavy atom. The molecule has 1 atom stereocenters.